The van der Waals surface area contributed by atoms with Crippen LogP contribution in [0.1, 0.15) is 30.9 Å². The SMILES string of the molecule is CCNC(=NCc1cccc(COC2CCOCC2)c1)NCCOC. The molecule has 0 unspecified atom stereocenters. The summed E-state index contributed by atoms with van der Waals surface area (Å²) in [6, 6.07) is 8.44. The van der Waals surface area contributed by atoms with Crippen LogP contribution in [0.15, 0.2) is 29.3 Å². The third kappa shape index (κ3) is 7.86. The lowest BCUT2D eigenvalue weighted by molar-refractivity contribution is -0.0390. The molecule has 1 fully saturated rings. The van der Waals surface area contributed by atoms with E-state index in [0.29, 0.717) is 25.9 Å². The van der Waals surface area contributed by atoms with Gasteiger partial charge in [-0.3, -0.25) is 0 Å². The molecule has 0 amide bonds. The van der Waals surface area contributed by atoms with E-state index in [-0.39, 0.29) is 0 Å². The number of hydrogen-bond donors (Lipinski definition) is 2. The van der Waals surface area contributed by atoms with Crippen LogP contribution >= 0.6 is 0 Å². The molecule has 0 aliphatic carbocycles. The van der Waals surface area contributed by atoms with Crippen LogP contribution in [0.3, 0.4) is 0 Å². The first kappa shape index (κ1) is 19.7. The predicted molar refractivity (Wildman–Crippen MR) is 99.8 cm³/mol. The molecule has 0 radical (unpaired) electrons. The fourth-order valence-corrected chi connectivity index (χ4v) is 2.66. The minimum atomic E-state index is 0.320. The second-order valence-corrected chi connectivity index (χ2v) is 6.06. The van der Waals surface area contributed by atoms with Gasteiger partial charge in [0, 0.05) is 33.4 Å². The summed E-state index contributed by atoms with van der Waals surface area (Å²) in [4.78, 5) is 4.63. The average Bonchev–Trinajstić information content (AvgIpc) is 2.66. The largest absolute Gasteiger partial charge is 0.383 e. The highest BCUT2D eigenvalue weighted by atomic mass is 16.5. The molecule has 6 heteroatoms. The van der Waals surface area contributed by atoms with Crippen LogP contribution < -0.4 is 10.6 Å². The number of methoxy groups -OCH3 is 1. The maximum Gasteiger partial charge on any atom is 0.191 e. The molecule has 1 saturated heterocycles. The van der Waals surface area contributed by atoms with E-state index in [1.807, 2.05) is 0 Å². The Morgan fingerprint density at radius 2 is 2.04 bits per heavy atom. The minimum absolute atomic E-state index is 0.320. The molecule has 0 aromatic heterocycles. The smallest absolute Gasteiger partial charge is 0.191 e. The highest BCUT2D eigenvalue weighted by molar-refractivity contribution is 5.79. The number of guanidine groups is 1. The lowest BCUT2D eigenvalue weighted by atomic mass is 10.1. The van der Waals surface area contributed by atoms with E-state index in [9.17, 15) is 0 Å². The number of hydrogen-bond acceptors (Lipinski definition) is 4. The summed E-state index contributed by atoms with van der Waals surface area (Å²) in [6.07, 6.45) is 2.30. The van der Waals surface area contributed by atoms with Crippen LogP contribution in [0.25, 0.3) is 0 Å². The van der Waals surface area contributed by atoms with Crippen molar-refractivity contribution in [2.75, 3.05) is 40.0 Å². The number of ether oxygens (including phenoxy) is 3. The zero-order valence-electron chi connectivity index (χ0n) is 15.4. The minimum Gasteiger partial charge on any atom is -0.383 e. The van der Waals surface area contributed by atoms with Crippen LogP contribution in [0.2, 0.25) is 0 Å². The first-order valence-electron chi connectivity index (χ1n) is 9.10. The molecule has 6 nitrogen and oxygen atoms in total. The van der Waals surface area contributed by atoms with Gasteiger partial charge < -0.3 is 24.8 Å². The maximum absolute atomic E-state index is 6.00. The molecule has 1 aliphatic rings. The Morgan fingerprint density at radius 3 is 2.80 bits per heavy atom. The number of aliphatic imine (C=N–C) groups is 1. The molecule has 1 aromatic carbocycles. The van der Waals surface area contributed by atoms with Gasteiger partial charge in [-0.15, -0.1) is 0 Å². The Kier molecular flexibility index (Phi) is 9.33. The number of benzene rings is 1. The molecule has 1 aliphatic heterocycles. The van der Waals surface area contributed by atoms with Gasteiger partial charge in [-0.2, -0.15) is 0 Å². The van der Waals surface area contributed by atoms with Crippen LogP contribution in [0.4, 0.5) is 0 Å². The van der Waals surface area contributed by atoms with Gasteiger partial charge in [0.25, 0.3) is 0 Å². The molecule has 2 rings (SSSR count). The first-order chi connectivity index (χ1) is 12.3. The van der Waals surface area contributed by atoms with Crippen LogP contribution in [-0.2, 0) is 27.4 Å². The summed E-state index contributed by atoms with van der Waals surface area (Å²) in [5.74, 6) is 0.809. The van der Waals surface area contributed by atoms with Crippen molar-refractivity contribution in [3.63, 3.8) is 0 Å². The van der Waals surface area contributed by atoms with Gasteiger partial charge in [0.1, 0.15) is 0 Å². The summed E-state index contributed by atoms with van der Waals surface area (Å²) in [5.41, 5.74) is 2.37. The van der Waals surface area contributed by atoms with Gasteiger partial charge in [-0.05, 0) is 30.9 Å². The zero-order valence-corrected chi connectivity index (χ0v) is 15.4. The van der Waals surface area contributed by atoms with Crippen LogP contribution in [0.5, 0.6) is 0 Å². The molecular formula is C19H31N3O3. The molecule has 140 valence electrons. The van der Waals surface area contributed by atoms with Crippen molar-refractivity contribution in [2.45, 2.75) is 39.0 Å². The topological polar surface area (TPSA) is 64.1 Å². The lowest BCUT2D eigenvalue weighted by Crippen LogP contribution is -2.38. The molecule has 2 N–H and O–H groups in total. The van der Waals surface area contributed by atoms with E-state index in [1.165, 1.54) is 11.1 Å². The number of nitrogens with one attached hydrogen (secondary N) is 2. The van der Waals surface area contributed by atoms with Gasteiger partial charge in [-0.25, -0.2) is 4.99 Å². The number of rotatable bonds is 9. The van der Waals surface area contributed by atoms with E-state index >= 15 is 0 Å². The second-order valence-electron chi connectivity index (χ2n) is 6.06. The fourth-order valence-electron chi connectivity index (χ4n) is 2.66. The summed E-state index contributed by atoms with van der Waals surface area (Å²) >= 11 is 0. The van der Waals surface area contributed by atoms with Gasteiger partial charge in [0.05, 0.1) is 25.9 Å². The molecular weight excluding hydrogens is 318 g/mol. The molecule has 0 saturated carbocycles. The normalized spacial score (nSPS) is 16.0. The van der Waals surface area contributed by atoms with Crippen molar-refractivity contribution in [1.29, 1.82) is 0 Å². The van der Waals surface area contributed by atoms with Gasteiger partial charge in [0.2, 0.25) is 0 Å². The molecule has 1 aromatic rings. The van der Waals surface area contributed by atoms with Crippen molar-refractivity contribution in [3.8, 4) is 0 Å². The second kappa shape index (κ2) is 11.8. The van der Waals surface area contributed by atoms with Crippen molar-refractivity contribution in [2.24, 2.45) is 4.99 Å². The van der Waals surface area contributed by atoms with E-state index in [1.54, 1.807) is 7.11 Å². The molecule has 0 spiro atoms. The molecule has 0 bridgehead atoms. The Balaban J connectivity index is 1.84. The van der Waals surface area contributed by atoms with Crippen molar-refractivity contribution in [1.82, 2.24) is 10.6 Å². The molecule has 0 atom stereocenters. The lowest BCUT2D eigenvalue weighted by Gasteiger charge is -2.22. The van der Waals surface area contributed by atoms with Crippen molar-refractivity contribution in [3.05, 3.63) is 35.4 Å². The third-order valence-corrected chi connectivity index (χ3v) is 4.01. The highest BCUT2D eigenvalue weighted by Gasteiger charge is 2.13. The third-order valence-electron chi connectivity index (χ3n) is 4.01. The van der Waals surface area contributed by atoms with E-state index in [4.69, 9.17) is 14.2 Å². The highest BCUT2D eigenvalue weighted by Crippen LogP contribution is 2.14. The van der Waals surface area contributed by atoms with Crippen LogP contribution in [0, 0.1) is 0 Å². The average molecular weight is 349 g/mol. The fraction of sp³-hybridized carbons (Fsp3) is 0.632. The van der Waals surface area contributed by atoms with E-state index in [2.05, 4.69) is 46.8 Å². The molecule has 25 heavy (non-hydrogen) atoms. The standard InChI is InChI=1S/C19H31N3O3/c1-3-20-19(21-9-12-23-2)22-14-16-5-4-6-17(13-16)15-25-18-7-10-24-11-8-18/h4-6,13,18H,3,7-12,14-15H2,1-2H3,(H2,20,21,22). The summed E-state index contributed by atoms with van der Waals surface area (Å²) < 4.78 is 16.4. The van der Waals surface area contributed by atoms with Crippen molar-refractivity contribution < 1.29 is 14.2 Å². The summed E-state index contributed by atoms with van der Waals surface area (Å²) in [7, 11) is 1.69. The number of nitrogens with zero attached hydrogens (tertiary/aromatic N) is 1. The first-order valence-corrected chi connectivity index (χ1v) is 9.10. The Morgan fingerprint density at radius 1 is 1.24 bits per heavy atom. The maximum atomic E-state index is 6.00. The van der Waals surface area contributed by atoms with E-state index < -0.39 is 0 Å². The zero-order chi connectivity index (χ0) is 17.7. The summed E-state index contributed by atoms with van der Waals surface area (Å²) in [5, 5.41) is 6.49. The molecule has 1 heterocycles. The van der Waals surface area contributed by atoms with Gasteiger partial charge in [0.15, 0.2) is 5.96 Å². The Bertz CT molecular complexity index is 516. The van der Waals surface area contributed by atoms with Crippen molar-refractivity contribution >= 4 is 5.96 Å². The van der Waals surface area contributed by atoms with Crippen LogP contribution in [-0.4, -0.2) is 52.1 Å². The Labute approximate surface area is 151 Å². The predicted octanol–water partition coefficient (Wildman–Crippen LogP) is 2.08. The summed E-state index contributed by atoms with van der Waals surface area (Å²) in [6.45, 7) is 7.18. The monoisotopic (exact) mass is 349 g/mol. The Hall–Kier alpha value is -1.63. The van der Waals surface area contributed by atoms with Gasteiger partial charge in [-0.1, -0.05) is 24.3 Å². The van der Waals surface area contributed by atoms with E-state index in [0.717, 1.165) is 45.1 Å². The quantitative estimate of drug-likeness (QED) is 0.406. The van der Waals surface area contributed by atoms with Gasteiger partial charge >= 0.3 is 0 Å².